The van der Waals surface area contributed by atoms with Gasteiger partial charge in [-0.3, -0.25) is 0 Å². The average molecular weight is 255 g/mol. The van der Waals surface area contributed by atoms with Crippen LogP contribution in [0.1, 0.15) is 39.2 Å². The van der Waals surface area contributed by atoms with E-state index >= 15 is 0 Å². The molecule has 1 nitrogen and oxygen atoms in total. The maximum Gasteiger partial charge on any atom is 0.129 e. The molecule has 0 aliphatic rings. The molecule has 3 heteroatoms. The Labute approximate surface area is 109 Å². The molecule has 0 atom stereocenters. The molecule has 102 valence electrons. The van der Waals surface area contributed by atoms with Crippen molar-refractivity contribution in [2.75, 3.05) is 13.1 Å². The van der Waals surface area contributed by atoms with Crippen molar-refractivity contribution in [2.24, 2.45) is 5.41 Å². The minimum absolute atomic E-state index is 0.0503. The van der Waals surface area contributed by atoms with E-state index in [0.717, 1.165) is 32.0 Å². The van der Waals surface area contributed by atoms with Crippen LogP contribution in [0.15, 0.2) is 18.2 Å². The molecule has 1 rings (SSSR count). The van der Waals surface area contributed by atoms with E-state index in [1.54, 1.807) is 6.07 Å². The smallest absolute Gasteiger partial charge is 0.129 e. The van der Waals surface area contributed by atoms with Crippen molar-refractivity contribution in [3.05, 3.63) is 35.4 Å². The van der Waals surface area contributed by atoms with Gasteiger partial charge in [0.15, 0.2) is 0 Å². The Morgan fingerprint density at radius 2 is 1.78 bits per heavy atom. The quantitative estimate of drug-likeness (QED) is 0.778. The Bertz CT molecular complexity index is 373. The Kier molecular flexibility index (Phi) is 5.73. The van der Waals surface area contributed by atoms with Crippen LogP contribution in [-0.4, -0.2) is 13.1 Å². The summed E-state index contributed by atoms with van der Waals surface area (Å²) in [6.45, 7) is 8.10. The summed E-state index contributed by atoms with van der Waals surface area (Å²) >= 11 is 0. The van der Waals surface area contributed by atoms with Crippen LogP contribution in [0.5, 0.6) is 0 Å². The molecule has 1 aromatic carbocycles. The van der Waals surface area contributed by atoms with Crippen LogP contribution >= 0.6 is 0 Å². The van der Waals surface area contributed by atoms with E-state index in [0.29, 0.717) is 12.0 Å². The number of hydrogen-bond acceptors (Lipinski definition) is 1. The molecule has 1 N–H and O–H groups in total. The van der Waals surface area contributed by atoms with Crippen LogP contribution in [0.25, 0.3) is 0 Å². The van der Waals surface area contributed by atoms with Crippen molar-refractivity contribution in [1.82, 2.24) is 5.32 Å². The monoisotopic (exact) mass is 255 g/mol. The van der Waals surface area contributed by atoms with E-state index in [1.165, 1.54) is 6.07 Å². The highest BCUT2D eigenvalue weighted by molar-refractivity contribution is 5.20. The summed E-state index contributed by atoms with van der Waals surface area (Å²) in [7, 11) is 0. The molecule has 0 saturated carbocycles. The molecule has 0 radical (unpaired) electrons. The van der Waals surface area contributed by atoms with Crippen molar-refractivity contribution in [1.29, 1.82) is 0 Å². The zero-order valence-electron chi connectivity index (χ0n) is 11.5. The normalized spacial score (nSPS) is 11.8. The van der Waals surface area contributed by atoms with E-state index in [2.05, 4.69) is 26.1 Å². The number of nitrogens with one attached hydrogen (secondary N) is 1. The fraction of sp³-hybridized carbons (Fsp3) is 0.600. The Balaban J connectivity index is 2.88. The fourth-order valence-electron chi connectivity index (χ4n) is 2.27. The Hall–Kier alpha value is -0.960. The summed E-state index contributed by atoms with van der Waals surface area (Å²) in [5.41, 5.74) is 0.660. The summed E-state index contributed by atoms with van der Waals surface area (Å²) in [5, 5.41) is 3.35. The second-order valence-electron chi connectivity index (χ2n) is 4.90. The van der Waals surface area contributed by atoms with Crippen molar-refractivity contribution >= 4 is 0 Å². The van der Waals surface area contributed by atoms with Crippen molar-refractivity contribution in [2.45, 2.75) is 40.0 Å². The second kappa shape index (κ2) is 6.83. The Morgan fingerprint density at radius 1 is 1.11 bits per heavy atom. The zero-order valence-corrected chi connectivity index (χ0v) is 11.5. The van der Waals surface area contributed by atoms with Gasteiger partial charge in [-0.15, -0.1) is 0 Å². The third-order valence-electron chi connectivity index (χ3n) is 3.83. The highest BCUT2D eigenvalue weighted by Crippen LogP contribution is 2.31. The highest BCUT2D eigenvalue weighted by Gasteiger charge is 2.27. The molecule has 0 spiro atoms. The van der Waals surface area contributed by atoms with Crippen LogP contribution in [0.4, 0.5) is 8.78 Å². The standard InChI is InChI=1S/C15H23F2N/c1-4-15(5-2,11-18-6-3)10-12-7-8-13(16)9-14(12)17/h7-9,18H,4-6,10-11H2,1-3H3. The summed E-state index contributed by atoms with van der Waals surface area (Å²) in [6, 6.07) is 3.87. The fourth-order valence-corrected chi connectivity index (χ4v) is 2.27. The summed E-state index contributed by atoms with van der Waals surface area (Å²) < 4.78 is 26.6. The van der Waals surface area contributed by atoms with Gasteiger partial charge in [-0.1, -0.05) is 26.8 Å². The number of benzene rings is 1. The van der Waals surface area contributed by atoms with Gasteiger partial charge >= 0.3 is 0 Å². The first-order chi connectivity index (χ1) is 8.56. The van der Waals surface area contributed by atoms with Crippen LogP contribution in [0.3, 0.4) is 0 Å². The highest BCUT2D eigenvalue weighted by atomic mass is 19.1. The SMILES string of the molecule is CCNCC(CC)(CC)Cc1ccc(F)cc1F. The van der Waals surface area contributed by atoms with Gasteiger partial charge in [-0.05, 0) is 42.9 Å². The van der Waals surface area contributed by atoms with E-state index < -0.39 is 11.6 Å². The van der Waals surface area contributed by atoms with Gasteiger partial charge < -0.3 is 5.32 Å². The van der Waals surface area contributed by atoms with Gasteiger partial charge in [-0.25, -0.2) is 8.78 Å². The molecule has 0 unspecified atom stereocenters. The van der Waals surface area contributed by atoms with Crippen LogP contribution in [0.2, 0.25) is 0 Å². The van der Waals surface area contributed by atoms with E-state index in [1.807, 2.05) is 0 Å². The lowest BCUT2D eigenvalue weighted by Gasteiger charge is -2.32. The summed E-state index contributed by atoms with van der Waals surface area (Å²) in [4.78, 5) is 0. The molecule has 0 heterocycles. The summed E-state index contributed by atoms with van der Waals surface area (Å²) in [5.74, 6) is -0.945. The van der Waals surface area contributed by atoms with Gasteiger partial charge in [0, 0.05) is 12.6 Å². The van der Waals surface area contributed by atoms with Crippen molar-refractivity contribution < 1.29 is 8.78 Å². The maximum atomic E-state index is 13.7. The predicted octanol–water partition coefficient (Wildman–Crippen LogP) is 3.92. The van der Waals surface area contributed by atoms with E-state index in [-0.39, 0.29) is 5.41 Å². The first kappa shape index (κ1) is 15.1. The molecule has 1 aromatic rings. The van der Waals surface area contributed by atoms with Gasteiger partial charge in [0.25, 0.3) is 0 Å². The predicted molar refractivity (Wildman–Crippen MR) is 71.6 cm³/mol. The first-order valence-corrected chi connectivity index (χ1v) is 6.71. The molecule has 0 aliphatic carbocycles. The van der Waals surface area contributed by atoms with Crippen LogP contribution < -0.4 is 5.32 Å². The Morgan fingerprint density at radius 3 is 2.28 bits per heavy atom. The zero-order chi connectivity index (χ0) is 13.6. The average Bonchev–Trinajstić information content (AvgIpc) is 2.37. The van der Waals surface area contributed by atoms with E-state index in [4.69, 9.17) is 0 Å². The largest absolute Gasteiger partial charge is 0.316 e. The lowest BCUT2D eigenvalue weighted by molar-refractivity contribution is 0.245. The molecule has 0 bridgehead atoms. The number of halogens is 2. The molecule has 0 amide bonds. The summed E-state index contributed by atoms with van der Waals surface area (Å²) in [6.07, 6.45) is 2.61. The van der Waals surface area contributed by atoms with E-state index in [9.17, 15) is 8.78 Å². The topological polar surface area (TPSA) is 12.0 Å². The lowest BCUT2D eigenvalue weighted by Crippen LogP contribution is -2.35. The maximum absolute atomic E-state index is 13.7. The minimum Gasteiger partial charge on any atom is -0.316 e. The van der Waals surface area contributed by atoms with Gasteiger partial charge in [0.05, 0.1) is 0 Å². The molecule has 0 aliphatic heterocycles. The van der Waals surface area contributed by atoms with Crippen LogP contribution in [-0.2, 0) is 6.42 Å². The first-order valence-electron chi connectivity index (χ1n) is 6.71. The molecule has 0 saturated heterocycles. The molecule has 0 fully saturated rings. The lowest BCUT2D eigenvalue weighted by atomic mass is 9.76. The number of hydrogen-bond donors (Lipinski definition) is 1. The third-order valence-corrected chi connectivity index (χ3v) is 3.83. The van der Waals surface area contributed by atoms with Gasteiger partial charge in [0.2, 0.25) is 0 Å². The molecule has 18 heavy (non-hydrogen) atoms. The van der Waals surface area contributed by atoms with Gasteiger partial charge in [0.1, 0.15) is 11.6 Å². The van der Waals surface area contributed by atoms with Gasteiger partial charge in [-0.2, -0.15) is 0 Å². The van der Waals surface area contributed by atoms with Crippen molar-refractivity contribution in [3.63, 3.8) is 0 Å². The second-order valence-corrected chi connectivity index (χ2v) is 4.90. The minimum atomic E-state index is -0.512. The number of rotatable bonds is 7. The molecule has 0 aromatic heterocycles. The third kappa shape index (κ3) is 3.77. The molecular weight excluding hydrogens is 232 g/mol. The molecular formula is C15H23F2N. The van der Waals surface area contributed by atoms with Crippen molar-refractivity contribution in [3.8, 4) is 0 Å². The van der Waals surface area contributed by atoms with Crippen LogP contribution in [0, 0.1) is 17.0 Å².